The predicted octanol–water partition coefficient (Wildman–Crippen LogP) is 5.78. The number of halogens is 1. The van der Waals surface area contributed by atoms with Gasteiger partial charge in [-0.1, -0.05) is 6.92 Å². The van der Waals surface area contributed by atoms with Gasteiger partial charge < -0.3 is 25.8 Å². The average Bonchev–Trinajstić information content (AvgIpc) is 3.54. The van der Waals surface area contributed by atoms with Crippen molar-refractivity contribution in [2.45, 2.75) is 43.7 Å². The zero-order valence-corrected chi connectivity index (χ0v) is 26.6. The number of carboxylic acid groups (broad SMARTS) is 1. The number of nitrogens with zero attached hydrogens (tertiary/aromatic N) is 3. The molecule has 46 heavy (non-hydrogen) atoms. The zero-order chi connectivity index (χ0) is 33.2. The number of ether oxygens (including phenoxy) is 1. The highest BCUT2D eigenvalue weighted by Gasteiger charge is 2.38. The Morgan fingerprint density at radius 1 is 1.15 bits per heavy atom. The van der Waals surface area contributed by atoms with E-state index in [-0.39, 0.29) is 28.4 Å². The number of likely N-dealkylation sites (tertiary alicyclic amines) is 1. The number of nitrogens with two attached hydrogens (primary N) is 1. The number of hydrogen-bond acceptors (Lipinski definition) is 8. The molecule has 242 valence electrons. The summed E-state index contributed by atoms with van der Waals surface area (Å²) in [6.45, 7) is 3.93. The first-order valence-corrected chi connectivity index (χ1v) is 16.6. The molecule has 2 amide bonds. The zero-order valence-electron chi connectivity index (χ0n) is 25.7. The highest BCUT2D eigenvalue weighted by Crippen LogP contribution is 2.40. The van der Waals surface area contributed by atoms with Crippen molar-refractivity contribution in [1.29, 1.82) is 0 Å². The molecule has 1 aromatic heterocycles. The molecule has 0 radical (unpaired) electrons. The van der Waals surface area contributed by atoms with Crippen LogP contribution in [0.25, 0.3) is 10.8 Å². The Labute approximate surface area is 266 Å². The summed E-state index contributed by atoms with van der Waals surface area (Å²) in [5, 5.41) is 14.3. The summed E-state index contributed by atoms with van der Waals surface area (Å²) in [5.41, 5.74) is 7.17. The Hall–Kier alpha value is -4.91. The van der Waals surface area contributed by atoms with Crippen molar-refractivity contribution < 1.29 is 32.2 Å². The molecule has 0 bridgehead atoms. The number of pyridine rings is 1. The van der Waals surface area contributed by atoms with Crippen LogP contribution in [0.4, 0.5) is 26.4 Å². The van der Waals surface area contributed by atoms with Gasteiger partial charge in [-0.3, -0.25) is 9.69 Å². The second-order valence-electron chi connectivity index (χ2n) is 11.0. The molecule has 0 aliphatic carbocycles. The normalized spacial score (nSPS) is 15.5. The van der Waals surface area contributed by atoms with Gasteiger partial charge in [0, 0.05) is 42.1 Å². The van der Waals surface area contributed by atoms with E-state index in [1.54, 1.807) is 42.3 Å². The largest absolute Gasteiger partial charge is 0.494 e. The maximum atomic E-state index is 15.6. The topological polar surface area (TPSA) is 155 Å². The average molecular weight is 650 g/mol. The number of fused-ring (bicyclic) bond motifs is 1. The van der Waals surface area contributed by atoms with Crippen molar-refractivity contribution in [1.82, 2.24) is 9.88 Å². The van der Waals surface area contributed by atoms with Crippen LogP contribution in [0.3, 0.4) is 0 Å². The third kappa shape index (κ3) is 6.41. The van der Waals surface area contributed by atoms with Gasteiger partial charge in [0.15, 0.2) is 9.84 Å². The fourth-order valence-electron chi connectivity index (χ4n) is 5.80. The third-order valence-corrected chi connectivity index (χ3v) is 10.0. The maximum absolute atomic E-state index is 15.6. The van der Waals surface area contributed by atoms with E-state index in [2.05, 4.69) is 10.3 Å². The highest BCUT2D eigenvalue weighted by atomic mass is 32.2. The monoisotopic (exact) mass is 649 g/mol. The van der Waals surface area contributed by atoms with Crippen molar-refractivity contribution in [3.05, 3.63) is 83.8 Å². The molecular formula is C33H36FN5O6S. The number of sulfone groups is 1. The minimum atomic E-state index is -3.75. The number of benzene rings is 3. The number of nitrogen functional groups attached to an aromatic ring is 1. The molecule has 11 nitrogen and oxygen atoms in total. The fraction of sp³-hybridized carbons (Fsp3) is 0.303. The summed E-state index contributed by atoms with van der Waals surface area (Å²) in [4.78, 5) is 33.0. The van der Waals surface area contributed by atoms with Crippen LogP contribution in [0.15, 0.2) is 71.8 Å². The molecule has 4 N–H and O–H groups in total. The number of rotatable bonds is 10. The number of amides is 2. The molecule has 2 atom stereocenters. The van der Waals surface area contributed by atoms with Crippen molar-refractivity contribution in [3.8, 4) is 5.75 Å². The van der Waals surface area contributed by atoms with Crippen molar-refractivity contribution in [2.24, 2.45) is 0 Å². The number of nitrogens with one attached hydrogen (secondary N) is 1. The van der Waals surface area contributed by atoms with Gasteiger partial charge in [-0.2, -0.15) is 0 Å². The molecule has 3 aromatic carbocycles. The molecule has 13 heteroatoms. The van der Waals surface area contributed by atoms with Gasteiger partial charge in [-0.05, 0) is 91.4 Å². The highest BCUT2D eigenvalue weighted by molar-refractivity contribution is 7.91. The van der Waals surface area contributed by atoms with Crippen molar-refractivity contribution in [3.63, 3.8) is 0 Å². The molecule has 1 aliphatic heterocycles. The van der Waals surface area contributed by atoms with Crippen LogP contribution >= 0.6 is 0 Å². The number of carbonyl (C=O) groups is 2. The summed E-state index contributed by atoms with van der Waals surface area (Å²) in [5.74, 6) is -0.564. The van der Waals surface area contributed by atoms with E-state index >= 15 is 4.39 Å². The molecule has 0 saturated carbocycles. The van der Waals surface area contributed by atoms with Gasteiger partial charge in [-0.25, -0.2) is 22.6 Å². The molecule has 2 heterocycles. The van der Waals surface area contributed by atoms with E-state index in [0.717, 1.165) is 15.7 Å². The summed E-state index contributed by atoms with van der Waals surface area (Å²) < 4.78 is 47.7. The van der Waals surface area contributed by atoms with Gasteiger partial charge in [-0.15, -0.1) is 0 Å². The summed E-state index contributed by atoms with van der Waals surface area (Å²) in [6.07, 6.45) is 1.33. The van der Waals surface area contributed by atoms with Crippen molar-refractivity contribution in [2.75, 3.05) is 41.9 Å². The lowest BCUT2D eigenvalue weighted by Gasteiger charge is -2.32. The smallest absolute Gasteiger partial charge is 0.411 e. The molecule has 0 spiro atoms. The Bertz CT molecular complexity index is 1900. The van der Waals surface area contributed by atoms with Crippen LogP contribution < -0.4 is 20.7 Å². The number of anilines is 3. The van der Waals surface area contributed by atoms with Crippen molar-refractivity contribution >= 4 is 49.8 Å². The first-order chi connectivity index (χ1) is 21.9. The molecule has 0 unspecified atom stereocenters. The van der Waals surface area contributed by atoms with E-state index < -0.39 is 39.7 Å². The van der Waals surface area contributed by atoms with Crippen LogP contribution in [-0.2, 0) is 14.6 Å². The van der Waals surface area contributed by atoms with Gasteiger partial charge in [0.05, 0.1) is 23.3 Å². The SMILES string of the molecule is CCOc1ccc(F)c([C@@H](Nc2ccc3c(N)nccc3c2)C(=O)N2CCC[C@@H]2c2cc(N(C)C(=O)O)ccc2S(=O)(=O)CC)c1. The van der Waals surface area contributed by atoms with Crippen LogP contribution in [0.1, 0.15) is 49.9 Å². The molecule has 4 aromatic rings. The van der Waals surface area contributed by atoms with Crippen LogP contribution in [-0.4, -0.2) is 61.4 Å². The van der Waals surface area contributed by atoms with Crippen LogP contribution in [0, 0.1) is 5.82 Å². The standard InChI is InChI=1S/C33H36FN5O6S/c1-4-45-23-10-12-27(34)25(19-23)30(37-21-8-11-24-20(17-21)14-15-36-31(24)35)32(40)39-16-6-7-28(39)26-18-22(38(3)33(41)42)9-13-29(26)46(43,44)5-2/h8-15,17-19,28,30,37H,4-7,16H2,1-3H3,(H2,35,36)(H,41,42)/t28-,30-/m1/s1. The molecule has 1 saturated heterocycles. The van der Waals surface area contributed by atoms with E-state index in [9.17, 15) is 23.1 Å². The lowest BCUT2D eigenvalue weighted by molar-refractivity contribution is -0.133. The third-order valence-electron chi connectivity index (χ3n) is 8.22. The molecule has 5 rings (SSSR count). The maximum Gasteiger partial charge on any atom is 0.411 e. The molecule has 1 aliphatic rings. The van der Waals surface area contributed by atoms with E-state index in [0.29, 0.717) is 42.3 Å². The summed E-state index contributed by atoms with van der Waals surface area (Å²) >= 11 is 0. The van der Waals surface area contributed by atoms with Gasteiger partial charge in [0.25, 0.3) is 0 Å². The van der Waals surface area contributed by atoms with E-state index in [1.165, 1.54) is 50.4 Å². The first kappa shape index (κ1) is 32.5. The Balaban J connectivity index is 1.61. The van der Waals surface area contributed by atoms with Gasteiger partial charge in [0.1, 0.15) is 23.4 Å². The Morgan fingerprint density at radius 2 is 1.93 bits per heavy atom. The predicted molar refractivity (Wildman–Crippen MR) is 174 cm³/mol. The second kappa shape index (κ2) is 13.2. The van der Waals surface area contributed by atoms with E-state index in [4.69, 9.17) is 10.5 Å². The Kier molecular flexibility index (Phi) is 9.33. The van der Waals surface area contributed by atoms with Crippen LogP contribution in [0.5, 0.6) is 5.75 Å². The van der Waals surface area contributed by atoms with Crippen LogP contribution in [0.2, 0.25) is 0 Å². The number of carbonyl (C=O) groups excluding carboxylic acids is 1. The minimum absolute atomic E-state index is 0.0250. The van der Waals surface area contributed by atoms with E-state index in [1.807, 2.05) is 0 Å². The lowest BCUT2D eigenvalue weighted by atomic mass is 10.00. The fourth-order valence-corrected chi connectivity index (χ4v) is 6.94. The Morgan fingerprint density at radius 3 is 2.65 bits per heavy atom. The second-order valence-corrected chi connectivity index (χ2v) is 13.2. The number of hydrogen-bond donors (Lipinski definition) is 3. The van der Waals surface area contributed by atoms with Gasteiger partial charge in [0.2, 0.25) is 5.91 Å². The molecular weight excluding hydrogens is 613 g/mol. The lowest BCUT2D eigenvalue weighted by Crippen LogP contribution is -2.38. The molecule has 1 fully saturated rings. The summed E-state index contributed by atoms with van der Waals surface area (Å²) in [6, 6.07) is 13.7. The first-order valence-electron chi connectivity index (χ1n) is 14.9. The van der Waals surface area contributed by atoms with Gasteiger partial charge >= 0.3 is 6.09 Å². The number of aromatic nitrogens is 1. The summed E-state index contributed by atoms with van der Waals surface area (Å²) in [7, 11) is -2.40. The minimum Gasteiger partial charge on any atom is -0.494 e. The quantitative estimate of drug-likeness (QED) is 0.194.